The van der Waals surface area contributed by atoms with Gasteiger partial charge in [0.25, 0.3) is 0 Å². The normalized spacial score (nSPS) is 26.2. The summed E-state index contributed by atoms with van der Waals surface area (Å²) >= 11 is 3.36. The Labute approximate surface area is 106 Å². The molecule has 0 bridgehead atoms. The second-order valence-corrected chi connectivity index (χ2v) is 5.86. The molecule has 1 N–H and O–H groups in total. The maximum atomic E-state index is 5.64. The average Bonchev–Trinajstić information content (AvgIpc) is 2.65. The van der Waals surface area contributed by atoms with Crippen LogP contribution >= 0.6 is 15.9 Å². The van der Waals surface area contributed by atoms with Gasteiger partial charge >= 0.3 is 0 Å². The predicted molar refractivity (Wildman–Crippen MR) is 69.5 cm³/mol. The van der Waals surface area contributed by atoms with E-state index in [1.165, 1.54) is 19.3 Å². The first-order valence-electron chi connectivity index (χ1n) is 6.12. The van der Waals surface area contributed by atoms with Crippen molar-refractivity contribution in [2.75, 3.05) is 6.54 Å². The van der Waals surface area contributed by atoms with Gasteiger partial charge in [0.15, 0.2) is 4.67 Å². The first kappa shape index (κ1) is 12.2. The summed E-state index contributed by atoms with van der Waals surface area (Å²) in [4.78, 5) is 0. The number of rotatable bonds is 3. The van der Waals surface area contributed by atoms with Crippen molar-refractivity contribution in [3.63, 3.8) is 0 Å². The van der Waals surface area contributed by atoms with Crippen LogP contribution in [0.3, 0.4) is 0 Å². The van der Waals surface area contributed by atoms with Crippen LogP contribution in [0.25, 0.3) is 0 Å². The summed E-state index contributed by atoms with van der Waals surface area (Å²) < 4.78 is 6.47. The fourth-order valence-corrected chi connectivity index (χ4v) is 2.94. The Balaban J connectivity index is 2.13. The van der Waals surface area contributed by atoms with Crippen LogP contribution in [0.4, 0.5) is 0 Å². The van der Waals surface area contributed by atoms with Crippen LogP contribution in [0.15, 0.2) is 21.2 Å². The molecule has 16 heavy (non-hydrogen) atoms. The van der Waals surface area contributed by atoms with E-state index in [0.29, 0.717) is 5.92 Å². The highest BCUT2D eigenvalue weighted by atomic mass is 79.9. The Bertz CT molecular complexity index is 339. The van der Waals surface area contributed by atoms with E-state index in [4.69, 9.17) is 4.42 Å². The number of piperidine rings is 1. The summed E-state index contributed by atoms with van der Waals surface area (Å²) in [6, 6.07) is 4.05. The van der Waals surface area contributed by atoms with Crippen LogP contribution in [0.5, 0.6) is 0 Å². The van der Waals surface area contributed by atoms with E-state index < -0.39 is 0 Å². The summed E-state index contributed by atoms with van der Waals surface area (Å²) in [6.07, 6.45) is 4.88. The van der Waals surface area contributed by atoms with Gasteiger partial charge in [-0.15, -0.1) is 0 Å². The van der Waals surface area contributed by atoms with Crippen molar-refractivity contribution in [3.8, 4) is 0 Å². The van der Waals surface area contributed by atoms with Crippen molar-refractivity contribution in [1.29, 1.82) is 0 Å². The molecular weight excluding hydrogens is 266 g/mol. The molecule has 0 radical (unpaired) electrons. The molecule has 0 aliphatic carbocycles. The van der Waals surface area contributed by atoms with Gasteiger partial charge in [0.05, 0.1) is 0 Å². The Morgan fingerprint density at radius 3 is 2.75 bits per heavy atom. The molecule has 2 heterocycles. The van der Waals surface area contributed by atoms with Crippen molar-refractivity contribution < 1.29 is 4.42 Å². The van der Waals surface area contributed by atoms with E-state index >= 15 is 0 Å². The Morgan fingerprint density at radius 1 is 1.44 bits per heavy atom. The van der Waals surface area contributed by atoms with Crippen molar-refractivity contribution in [1.82, 2.24) is 5.32 Å². The molecule has 2 nitrogen and oxygen atoms in total. The molecule has 2 rings (SSSR count). The molecule has 1 atom stereocenters. The Morgan fingerprint density at radius 2 is 2.25 bits per heavy atom. The van der Waals surface area contributed by atoms with Crippen molar-refractivity contribution in [2.45, 2.75) is 45.1 Å². The highest BCUT2D eigenvalue weighted by Gasteiger charge is 2.35. The molecule has 1 aliphatic rings. The molecule has 0 spiro atoms. The highest BCUT2D eigenvalue weighted by molar-refractivity contribution is 9.10. The van der Waals surface area contributed by atoms with Crippen LogP contribution in [0.1, 0.15) is 38.9 Å². The lowest BCUT2D eigenvalue weighted by atomic mass is 9.76. The summed E-state index contributed by atoms with van der Waals surface area (Å²) in [5, 5.41) is 3.71. The molecule has 1 aliphatic heterocycles. The van der Waals surface area contributed by atoms with Crippen molar-refractivity contribution >= 4 is 15.9 Å². The molecule has 1 aromatic heterocycles. The van der Waals surface area contributed by atoms with Gasteiger partial charge in [0.1, 0.15) is 5.76 Å². The van der Waals surface area contributed by atoms with Gasteiger partial charge in [-0.3, -0.25) is 0 Å². The lowest BCUT2D eigenvalue weighted by molar-refractivity contribution is 0.172. The third kappa shape index (κ3) is 2.51. The molecule has 3 heteroatoms. The van der Waals surface area contributed by atoms with Crippen molar-refractivity contribution in [3.05, 3.63) is 22.6 Å². The molecule has 0 saturated carbocycles. The van der Waals surface area contributed by atoms with Gasteiger partial charge in [-0.25, -0.2) is 0 Å². The summed E-state index contributed by atoms with van der Waals surface area (Å²) in [7, 11) is 0. The van der Waals surface area contributed by atoms with Crippen molar-refractivity contribution in [2.24, 2.45) is 5.92 Å². The van der Waals surface area contributed by atoms with Crippen LogP contribution in [-0.2, 0) is 6.42 Å². The number of nitrogens with one attached hydrogen (secondary N) is 1. The third-order valence-electron chi connectivity index (χ3n) is 3.75. The molecule has 90 valence electrons. The molecule has 1 aromatic rings. The monoisotopic (exact) mass is 285 g/mol. The molecule has 1 saturated heterocycles. The first-order valence-corrected chi connectivity index (χ1v) is 6.91. The number of hydrogen-bond donors (Lipinski definition) is 1. The van der Waals surface area contributed by atoms with Gasteiger partial charge in [0.2, 0.25) is 0 Å². The Kier molecular flexibility index (Phi) is 3.75. The molecule has 0 aromatic carbocycles. The predicted octanol–water partition coefficient (Wildman–Crippen LogP) is 3.75. The molecule has 0 amide bonds. The smallest absolute Gasteiger partial charge is 0.169 e. The second-order valence-electron chi connectivity index (χ2n) is 5.08. The largest absolute Gasteiger partial charge is 0.454 e. The van der Waals surface area contributed by atoms with Gasteiger partial charge in [-0.1, -0.05) is 20.3 Å². The SMILES string of the molecule is CC(C)C1(Cc2ccc(Br)o2)CCCCN1. The van der Waals surface area contributed by atoms with Crippen LogP contribution in [0, 0.1) is 5.92 Å². The fourth-order valence-electron chi connectivity index (χ4n) is 2.60. The topological polar surface area (TPSA) is 25.2 Å². The lowest BCUT2D eigenvalue weighted by Gasteiger charge is -2.41. The number of furan rings is 1. The van der Waals surface area contributed by atoms with E-state index in [1.807, 2.05) is 6.07 Å². The van der Waals surface area contributed by atoms with Crippen LogP contribution < -0.4 is 5.32 Å². The van der Waals surface area contributed by atoms with Crippen LogP contribution in [0.2, 0.25) is 0 Å². The van der Waals surface area contributed by atoms with E-state index in [2.05, 4.69) is 41.2 Å². The Hall–Kier alpha value is -0.280. The first-order chi connectivity index (χ1) is 7.62. The van der Waals surface area contributed by atoms with E-state index in [9.17, 15) is 0 Å². The maximum absolute atomic E-state index is 5.64. The fraction of sp³-hybridized carbons (Fsp3) is 0.692. The van der Waals surface area contributed by atoms with Gasteiger partial charge in [0, 0.05) is 12.0 Å². The summed E-state index contributed by atoms with van der Waals surface area (Å²) in [5.41, 5.74) is 0.232. The summed E-state index contributed by atoms with van der Waals surface area (Å²) in [6.45, 7) is 5.74. The quantitative estimate of drug-likeness (QED) is 0.915. The highest BCUT2D eigenvalue weighted by Crippen LogP contribution is 2.31. The average molecular weight is 286 g/mol. The zero-order valence-corrected chi connectivity index (χ0v) is 11.6. The minimum absolute atomic E-state index is 0.232. The summed E-state index contributed by atoms with van der Waals surface area (Å²) in [5.74, 6) is 1.71. The number of halogens is 1. The zero-order chi connectivity index (χ0) is 11.6. The van der Waals surface area contributed by atoms with Crippen LogP contribution in [-0.4, -0.2) is 12.1 Å². The molecular formula is C13H20BrNO. The second kappa shape index (κ2) is 4.92. The maximum Gasteiger partial charge on any atom is 0.169 e. The molecule has 1 fully saturated rings. The van der Waals surface area contributed by atoms with E-state index in [1.54, 1.807) is 0 Å². The van der Waals surface area contributed by atoms with Gasteiger partial charge in [-0.2, -0.15) is 0 Å². The lowest BCUT2D eigenvalue weighted by Crippen LogP contribution is -2.54. The van der Waals surface area contributed by atoms with Gasteiger partial charge in [-0.05, 0) is 53.4 Å². The zero-order valence-electron chi connectivity index (χ0n) is 10.1. The van der Waals surface area contributed by atoms with Gasteiger partial charge < -0.3 is 9.73 Å². The third-order valence-corrected chi connectivity index (χ3v) is 4.18. The van der Waals surface area contributed by atoms with E-state index in [0.717, 1.165) is 23.4 Å². The number of hydrogen-bond acceptors (Lipinski definition) is 2. The van der Waals surface area contributed by atoms with E-state index in [-0.39, 0.29) is 5.54 Å². The minimum Gasteiger partial charge on any atom is -0.454 e. The standard InChI is InChI=1S/C13H20BrNO/c1-10(2)13(7-3-4-8-15-13)9-11-5-6-12(14)16-11/h5-6,10,15H,3-4,7-9H2,1-2H3. The minimum atomic E-state index is 0.232. The molecule has 1 unspecified atom stereocenters.